The number of nitrogens with one attached hydrogen (secondary N) is 2. The second-order valence-corrected chi connectivity index (χ2v) is 7.23. The van der Waals surface area contributed by atoms with Crippen LogP contribution in [0, 0.1) is 26.0 Å². The largest absolute Gasteiger partial charge is 0.679 e. The fourth-order valence-electron chi connectivity index (χ4n) is 2.65. The number of methoxy groups -OCH3 is 2. The fourth-order valence-corrected chi connectivity index (χ4v) is 2.65. The van der Waals surface area contributed by atoms with E-state index in [0.717, 1.165) is 45.1 Å². The second kappa shape index (κ2) is 16.5. The number of aryl methyl sites for hydroxylation is 2. The van der Waals surface area contributed by atoms with Crippen molar-refractivity contribution in [3.63, 3.8) is 0 Å². The van der Waals surface area contributed by atoms with E-state index in [2.05, 4.69) is 22.1 Å². The Morgan fingerprint density at radius 2 is 1.06 bits per heavy atom. The zero-order valence-electron chi connectivity index (χ0n) is 20.4. The van der Waals surface area contributed by atoms with Crippen molar-refractivity contribution in [3.05, 3.63) is 108 Å². The molecule has 0 amide bonds. The first kappa shape index (κ1) is 29.9. The van der Waals surface area contributed by atoms with E-state index in [4.69, 9.17) is 20.9 Å². The van der Waals surface area contributed by atoms with Gasteiger partial charge in [0.2, 0.25) is 0 Å². The summed E-state index contributed by atoms with van der Waals surface area (Å²) in [6.45, 7) is 4.52. The number of rotatable bonds is 5. The third-order valence-corrected chi connectivity index (χ3v) is 4.54. The van der Waals surface area contributed by atoms with E-state index in [0.29, 0.717) is 0 Å². The van der Waals surface area contributed by atoms with Gasteiger partial charge in [-0.3, -0.25) is 0 Å². The Hall–Kier alpha value is -3.09. The predicted octanol–water partition coefficient (Wildman–Crippen LogP) is 6.82. The third-order valence-electron chi connectivity index (χ3n) is 4.54. The van der Waals surface area contributed by atoms with Gasteiger partial charge in [0, 0.05) is 44.0 Å². The van der Waals surface area contributed by atoms with Crippen molar-refractivity contribution in [1.82, 2.24) is 9.97 Å². The van der Waals surface area contributed by atoms with Crippen molar-refractivity contribution in [1.29, 1.82) is 0 Å². The molecule has 4 aromatic rings. The summed E-state index contributed by atoms with van der Waals surface area (Å²) in [6.07, 6.45) is 3.71. The fraction of sp³-hybridized carbons (Fsp3) is 0.214. The first-order chi connectivity index (χ1) is 16.5. The van der Waals surface area contributed by atoms with Gasteiger partial charge in [-0.2, -0.15) is 13.1 Å². The summed E-state index contributed by atoms with van der Waals surface area (Å²) in [6, 6.07) is 25.7. The topological polar surface area (TPSA) is 91.8 Å². The SMILES string of the molecule is COc1c[c-]c(-c2ccc(C)cn2)cc1.COc1c[c-]c(-c2ccc(C)cn2)cc1.[Ir].[NH-]CC[NH-]. The van der Waals surface area contributed by atoms with Gasteiger partial charge in [-0.1, -0.05) is 24.3 Å². The van der Waals surface area contributed by atoms with E-state index < -0.39 is 0 Å². The molecule has 187 valence electrons. The van der Waals surface area contributed by atoms with E-state index in [9.17, 15) is 0 Å². The van der Waals surface area contributed by atoms with Crippen molar-refractivity contribution in [2.75, 3.05) is 27.3 Å². The van der Waals surface area contributed by atoms with Gasteiger partial charge in [0.1, 0.15) is 0 Å². The quantitative estimate of drug-likeness (QED) is 0.223. The summed E-state index contributed by atoms with van der Waals surface area (Å²) >= 11 is 0. The third kappa shape index (κ3) is 10.4. The maximum absolute atomic E-state index is 6.26. The Balaban J connectivity index is 0.000000297. The van der Waals surface area contributed by atoms with Gasteiger partial charge in [0.25, 0.3) is 0 Å². The minimum atomic E-state index is 0. The van der Waals surface area contributed by atoms with Crippen molar-refractivity contribution < 1.29 is 29.6 Å². The zero-order valence-corrected chi connectivity index (χ0v) is 22.8. The van der Waals surface area contributed by atoms with E-state index in [1.807, 2.05) is 86.9 Å². The molecule has 0 saturated heterocycles. The molecule has 0 bridgehead atoms. The average molecular weight is 647 g/mol. The van der Waals surface area contributed by atoms with E-state index in [-0.39, 0.29) is 33.2 Å². The molecule has 0 aliphatic rings. The molecule has 2 aromatic heterocycles. The molecule has 0 unspecified atom stereocenters. The first-order valence-electron chi connectivity index (χ1n) is 10.8. The van der Waals surface area contributed by atoms with Crippen LogP contribution in [0.1, 0.15) is 11.1 Å². The molecule has 0 atom stereocenters. The number of aromatic nitrogens is 2. The molecular formula is C28H30IrN4O2-4. The van der Waals surface area contributed by atoms with Crippen LogP contribution in [0.5, 0.6) is 11.5 Å². The summed E-state index contributed by atoms with van der Waals surface area (Å²) in [5, 5.41) is 0. The summed E-state index contributed by atoms with van der Waals surface area (Å²) in [5.74, 6) is 1.62. The van der Waals surface area contributed by atoms with Gasteiger partial charge in [0.05, 0.1) is 14.2 Å². The van der Waals surface area contributed by atoms with Crippen molar-refractivity contribution >= 4 is 0 Å². The number of ether oxygens (including phenoxy) is 2. The van der Waals surface area contributed by atoms with Crippen molar-refractivity contribution in [2.45, 2.75) is 13.8 Å². The molecular weight excluding hydrogens is 617 g/mol. The number of nitrogens with zero attached hydrogens (tertiary/aromatic N) is 2. The Bertz CT molecular complexity index is 995. The van der Waals surface area contributed by atoms with Crippen LogP contribution in [0.25, 0.3) is 34.0 Å². The van der Waals surface area contributed by atoms with Crippen LogP contribution in [-0.2, 0) is 20.1 Å². The van der Waals surface area contributed by atoms with Gasteiger partial charge in [0.15, 0.2) is 0 Å². The predicted molar refractivity (Wildman–Crippen MR) is 138 cm³/mol. The van der Waals surface area contributed by atoms with Gasteiger partial charge >= 0.3 is 0 Å². The van der Waals surface area contributed by atoms with E-state index >= 15 is 0 Å². The zero-order chi connectivity index (χ0) is 24.8. The summed E-state index contributed by atoms with van der Waals surface area (Å²) in [4.78, 5) is 8.66. The molecule has 0 aliphatic carbocycles. The van der Waals surface area contributed by atoms with Gasteiger partial charge < -0.3 is 30.9 Å². The molecule has 0 saturated carbocycles. The number of hydrogen-bond acceptors (Lipinski definition) is 4. The van der Waals surface area contributed by atoms with Crippen LogP contribution < -0.4 is 9.47 Å². The Kier molecular flexibility index (Phi) is 14.1. The molecule has 2 aromatic carbocycles. The Morgan fingerprint density at radius 1 is 0.657 bits per heavy atom. The van der Waals surface area contributed by atoms with Crippen LogP contribution in [0.4, 0.5) is 0 Å². The Morgan fingerprint density at radius 3 is 1.29 bits per heavy atom. The van der Waals surface area contributed by atoms with E-state index in [1.54, 1.807) is 14.2 Å². The van der Waals surface area contributed by atoms with Crippen LogP contribution in [0.15, 0.2) is 73.1 Å². The minimum Gasteiger partial charge on any atom is -0.679 e. The van der Waals surface area contributed by atoms with Gasteiger partial charge in [-0.25, -0.2) is 0 Å². The molecule has 7 heteroatoms. The molecule has 4 rings (SSSR count). The first-order valence-corrected chi connectivity index (χ1v) is 10.8. The van der Waals surface area contributed by atoms with E-state index in [1.165, 1.54) is 0 Å². The monoisotopic (exact) mass is 647 g/mol. The van der Waals surface area contributed by atoms with Crippen LogP contribution in [0.3, 0.4) is 0 Å². The average Bonchev–Trinajstić information content (AvgIpc) is 2.90. The molecule has 2 heterocycles. The normalized spacial score (nSPS) is 9.43. The second-order valence-electron chi connectivity index (χ2n) is 7.23. The Labute approximate surface area is 222 Å². The smallest absolute Gasteiger partial charge is 0.0647 e. The summed E-state index contributed by atoms with van der Waals surface area (Å²) in [7, 11) is 3.29. The number of benzene rings is 2. The van der Waals surface area contributed by atoms with Crippen LogP contribution in [-0.4, -0.2) is 37.3 Å². The summed E-state index contributed by atoms with van der Waals surface area (Å²) in [5.41, 5.74) is 18.7. The van der Waals surface area contributed by atoms with Gasteiger partial charge in [-0.15, -0.1) is 59.7 Å². The molecule has 0 aliphatic heterocycles. The molecule has 35 heavy (non-hydrogen) atoms. The molecule has 2 N–H and O–H groups in total. The van der Waals surface area contributed by atoms with Crippen LogP contribution >= 0.6 is 0 Å². The maximum atomic E-state index is 6.26. The molecule has 1 radical (unpaired) electrons. The minimum absolute atomic E-state index is 0. The standard InChI is InChI=1S/2C13H12NO.C2H6N2.Ir/c2*1-10-3-8-13(14-9-10)11-4-6-12(15-2)7-5-11;3-1-2-4;/h2*3-4,6-9H,1-2H3;3-4H,1-2H2;/q2*-1;-2;. The summed E-state index contributed by atoms with van der Waals surface area (Å²) < 4.78 is 10.1. The van der Waals surface area contributed by atoms with Crippen molar-refractivity contribution in [3.8, 4) is 34.0 Å². The van der Waals surface area contributed by atoms with Crippen molar-refractivity contribution in [2.24, 2.45) is 0 Å². The maximum Gasteiger partial charge on any atom is 0.0647 e. The molecule has 0 fully saturated rings. The molecule has 6 nitrogen and oxygen atoms in total. The number of pyridine rings is 2. The molecule has 0 spiro atoms. The van der Waals surface area contributed by atoms with Crippen LogP contribution in [0.2, 0.25) is 0 Å². The van der Waals surface area contributed by atoms with Gasteiger partial charge in [-0.05, 0) is 36.4 Å². The number of hydrogen-bond donors (Lipinski definition) is 0.